The highest BCUT2D eigenvalue weighted by Gasteiger charge is 2.37. The molecule has 2 atom stereocenters. The van der Waals surface area contributed by atoms with Gasteiger partial charge in [0.15, 0.2) is 0 Å². The van der Waals surface area contributed by atoms with Crippen LogP contribution in [0.3, 0.4) is 0 Å². The van der Waals surface area contributed by atoms with E-state index in [4.69, 9.17) is 0 Å². The quantitative estimate of drug-likeness (QED) is 0.504. The van der Waals surface area contributed by atoms with Crippen LogP contribution in [0.15, 0.2) is 66.1 Å². The number of hydrogen-bond acceptors (Lipinski definition) is 5. The van der Waals surface area contributed by atoms with E-state index in [1.54, 1.807) is 35.3 Å². The van der Waals surface area contributed by atoms with E-state index < -0.39 is 0 Å². The largest absolute Gasteiger partial charge is 0.336 e. The van der Waals surface area contributed by atoms with Crippen molar-refractivity contribution in [3.63, 3.8) is 0 Å². The van der Waals surface area contributed by atoms with Gasteiger partial charge >= 0.3 is 0 Å². The summed E-state index contributed by atoms with van der Waals surface area (Å²) < 4.78 is 3.64. The average molecular weight is 412 g/mol. The molecular weight excluding hydrogens is 392 g/mol. The Morgan fingerprint density at radius 2 is 2.00 bits per heavy atom. The molecule has 2 bridgehead atoms. The van der Waals surface area contributed by atoms with Gasteiger partial charge in [-0.3, -0.25) is 19.0 Å². The molecule has 4 aromatic heterocycles. The number of carbonyl (C=O) groups excluding carboxylic acids is 1. The summed E-state index contributed by atoms with van der Waals surface area (Å²) in [4.78, 5) is 40.7. The lowest BCUT2D eigenvalue weighted by Gasteiger charge is -2.42. The fourth-order valence-corrected chi connectivity index (χ4v) is 4.92. The fraction of sp³-hybridized carbons (Fsp3) is 0.261. The van der Waals surface area contributed by atoms with Gasteiger partial charge in [-0.2, -0.15) is 0 Å². The van der Waals surface area contributed by atoms with Crippen LogP contribution in [0.1, 0.15) is 28.5 Å². The van der Waals surface area contributed by atoms with Gasteiger partial charge in [-0.05, 0) is 36.1 Å². The molecule has 0 unspecified atom stereocenters. The van der Waals surface area contributed by atoms with Crippen molar-refractivity contribution >= 4 is 11.7 Å². The Labute approximate surface area is 177 Å². The number of likely N-dealkylation sites (tertiary alicyclic amines) is 1. The molecule has 31 heavy (non-hydrogen) atoms. The second-order valence-electron chi connectivity index (χ2n) is 8.32. The van der Waals surface area contributed by atoms with Gasteiger partial charge in [-0.15, -0.1) is 0 Å². The van der Waals surface area contributed by atoms with E-state index in [1.165, 1.54) is 0 Å². The molecule has 1 amide bonds. The number of rotatable bonds is 2. The molecule has 8 nitrogen and oxygen atoms in total. The Morgan fingerprint density at radius 3 is 2.84 bits per heavy atom. The van der Waals surface area contributed by atoms with Gasteiger partial charge in [-0.1, -0.05) is 6.07 Å². The van der Waals surface area contributed by atoms with Crippen LogP contribution in [0.5, 0.6) is 0 Å². The molecule has 6 heterocycles. The lowest BCUT2D eigenvalue weighted by atomic mass is 9.82. The van der Waals surface area contributed by atoms with Crippen LogP contribution in [-0.4, -0.2) is 47.8 Å². The molecule has 154 valence electrons. The summed E-state index contributed by atoms with van der Waals surface area (Å²) in [6.07, 6.45) is 9.70. The Morgan fingerprint density at radius 1 is 1.06 bits per heavy atom. The van der Waals surface area contributed by atoms with Crippen LogP contribution in [0.25, 0.3) is 16.9 Å². The second-order valence-corrected chi connectivity index (χ2v) is 8.32. The maximum Gasteiger partial charge on any atom is 0.274 e. The Bertz CT molecular complexity index is 1330. The number of carbonyl (C=O) groups is 1. The minimum Gasteiger partial charge on any atom is -0.336 e. The smallest absolute Gasteiger partial charge is 0.274 e. The normalized spacial score (nSPS) is 19.9. The molecular formula is C23H20N6O2. The number of aromatic nitrogens is 5. The van der Waals surface area contributed by atoms with Gasteiger partial charge in [0.25, 0.3) is 11.5 Å². The van der Waals surface area contributed by atoms with E-state index in [0.717, 1.165) is 23.2 Å². The Kier molecular flexibility index (Phi) is 3.99. The third kappa shape index (κ3) is 3.02. The first-order valence-electron chi connectivity index (χ1n) is 10.4. The summed E-state index contributed by atoms with van der Waals surface area (Å²) in [5.41, 5.74) is 3.21. The molecule has 6 rings (SSSR count). The molecule has 0 radical (unpaired) electrons. The third-order valence-corrected chi connectivity index (χ3v) is 6.29. The molecule has 0 aliphatic carbocycles. The standard InChI is InChI=1S/C23H20N6O2/c30-21-9-17(16-3-1-4-24-10-16)8-20-18-7-15(12-29(20)21)11-28(13-18)22(31)19-14-27-6-2-5-25-23(27)26-19/h1-6,8-10,14-15,18H,7,11-13H2/t15-,18+/m0/s1. The molecule has 0 spiro atoms. The number of amides is 1. The number of hydrogen-bond donors (Lipinski definition) is 0. The maximum absolute atomic E-state index is 13.2. The van der Waals surface area contributed by atoms with Gasteiger partial charge in [0.05, 0.1) is 0 Å². The van der Waals surface area contributed by atoms with E-state index in [1.807, 2.05) is 33.9 Å². The van der Waals surface area contributed by atoms with Crippen molar-refractivity contribution in [3.05, 3.63) is 83.1 Å². The fourth-order valence-electron chi connectivity index (χ4n) is 4.92. The first kappa shape index (κ1) is 18.0. The molecule has 2 aliphatic rings. The van der Waals surface area contributed by atoms with Crippen LogP contribution in [-0.2, 0) is 6.54 Å². The molecule has 1 fully saturated rings. The monoisotopic (exact) mass is 412 g/mol. The van der Waals surface area contributed by atoms with Crippen LogP contribution in [0, 0.1) is 5.92 Å². The van der Waals surface area contributed by atoms with Gasteiger partial charge < -0.3 is 9.47 Å². The molecule has 1 saturated heterocycles. The van der Waals surface area contributed by atoms with Crippen molar-refractivity contribution in [2.24, 2.45) is 5.92 Å². The lowest BCUT2D eigenvalue weighted by Crippen LogP contribution is -2.49. The highest BCUT2D eigenvalue weighted by molar-refractivity contribution is 5.93. The molecule has 0 N–H and O–H groups in total. The second kappa shape index (κ2) is 6.87. The van der Waals surface area contributed by atoms with E-state index in [9.17, 15) is 9.59 Å². The van der Waals surface area contributed by atoms with Gasteiger partial charge in [0.2, 0.25) is 5.78 Å². The van der Waals surface area contributed by atoms with Crippen molar-refractivity contribution < 1.29 is 4.79 Å². The van der Waals surface area contributed by atoms with Gasteiger partial charge in [0, 0.05) is 73.9 Å². The first-order valence-corrected chi connectivity index (χ1v) is 10.4. The molecule has 0 aromatic carbocycles. The summed E-state index contributed by atoms with van der Waals surface area (Å²) in [6.45, 7) is 1.84. The van der Waals surface area contributed by atoms with Crippen molar-refractivity contribution in [1.29, 1.82) is 0 Å². The average Bonchev–Trinajstić information content (AvgIpc) is 3.24. The highest BCUT2D eigenvalue weighted by Crippen LogP contribution is 2.37. The third-order valence-electron chi connectivity index (χ3n) is 6.29. The molecule has 4 aromatic rings. The van der Waals surface area contributed by atoms with E-state index in [0.29, 0.717) is 31.1 Å². The molecule has 8 heteroatoms. The van der Waals surface area contributed by atoms with Crippen LogP contribution < -0.4 is 5.56 Å². The number of nitrogens with zero attached hydrogens (tertiary/aromatic N) is 6. The van der Waals surface area contributed by atoms with Gasteiger partial charge in [0.1, 0.15) is 5.69 Å². The van der Waals surface area contributed by atoms with Gasteiger partial charge in [-0.25, -0.2) is 9.97 Å². The minimum absolute atomic E-state index is 0.0113. The number of fused-ring (bicyclic) bond motifs is 5. The predicted octanol–water partition coefficient (Wildman–Crippen LogP) is 2.21. The Hall–Kier alpha value is -3.81. The summed E-state index contributed by atoms with van der Waals surface area (Å²) in [5.74, 6) is 0.809. The Balaban J connectivity index is 1.34. The van der Waals surface area contributed by atoms with Crippen LogP contribution in [0.2, 0.25) is 0 Å². The van der Waals surface area contributed by atoms with Crippen molar-refractivity contribution in [3.8, 4) is 11.1 Å². The SMILES string of the molecule is O=C(c1cn2cccnc2n1)N1C[C@@H]2C[C@H](C1)c1cc(-c3cccnc3)cc(=O)n1C2. The predicted molar refractivity (Wildman–Crippen MR) is 114 cm³/mol. The van der Waals surface area contributed by atoms with Crippen molar-refractivity contribution in [1.82, 2.24) is 28.8 Å². The zero-order valence-corrected chi connectivity index (χ0v) is 16.8. The van der Waals surface area contributed by atoms with Crippen molar-refractivity contribution in [2.75, 3.05) is 13.1 Å². The maximum atomic E-state index is 13.2. The zero-order valence-electron chi connectivity index (χ0n) is 16.8. The lowest BCUT2D eigenvalue weighted by molar-refractivity contribution is 0.0589. The molecule has 2 aliphatic heterocycles. The van der Waals surface area contributed by atoms with E-state index in [-0.39, 0.29) is 23.3 Å². The number of imidazole rings is 1. The highest BCUT2D eigenvalue weighted by atomic mass is 16.2. The number of pyridine rings is 2. The zero-order chi connectivity index (χ0) is 20.9. The van der Waals surface area contributed by atoms with Crippen molar-refractivity contribution in [2.45, 2.75) is 18.9 Å². The van der Waals surface area contributed by atoms with E-state index in [2.05, 4.69) is 21.0 Å². The minimum atomic E-state index is -0.0839. The topological polar surface area (TPSA) is 85.4 Å². The molecule has 0 saturated carbocycles. The summed E-state index contributed by atoms with van der Waals surface area (Å²) in [5, 5.41) is 0. The van der Waals surface area contributed by atoms with Crippen LogP contribution in [0.4, 0.5) is 0 Å². The van der Waals surface area contributed by atoms with E-state index >= 15 is 0 Å². The van der Waals surface area contributed by atoms with Crippen LogP contribution >= 0.6 is 0 Å². The summed E-state index contributed by atoms with van der Waals surface area (Å²) in [7, 11) is 0. The number of piperidine rings is 1. The first-order chi connectivity index (χ1) is 15.2. The summed E-state index contributed by atoms with van der Waals surface area (Å²) in [6, 6.07) is 9.41. The summed E-state index contributed by atoms with van der Waals surface area (Å²) >= 11 is 0.